The molecule has 0 radical (unpaired) electrons. The van der Waals surface area contributed by atoms with Gasteiger partial charge < -0.3 is 24.8 Å². The van der Waals surface area contributed by atoms with Crippen molar-refractivity contribution in [2.45, 2.75) is 85.3 Å². The first-order valence-corrected chi connectivity index (χ1v) is 14.0. The Kier molecular flexibility index (Phi) is 10.0. The van der Waals surface area contributed by atoms with Gasteiger partial charge in [-0.3, -0.25) is 4.79 Å². The maximum absolute atomic E-state index is 13.9. The quantitative estimate of drug-likeness (QED) is 0.441. The smallest absolute Gasteiger partial charge is 0.407 e. The molecule has 2 amide bonds. The van der Waals surface area contributed by atoms with Crippen LogP contribution in [0.1, 0.15) is 87.7 Å². The number of ether oxygens (including phenoxy) is 2. The van der Waals surface area contributed by atoms with Crippen LogP contribution in [0.15, 0.2) is 6.07 Å². The number of hydrogen-bond donors (Lipinski definition) is 2. The monoisotopic (exact) mass is 532 g/mol. The summed E-state index contributed by atoms with van der Waals surface area (Å²) >= 11 is 1.10. The molecule has 1 aliphatic carbocycles. The van der Waals surface area contributed by atoms with Gasteiger partial charge in [-0.25, -0.2) is 9.59 Å². The van der Waals surface area contributed by atoms with E-state index in [-0.39, 0.29) is 34.3 Å². The van der Waals surface area contributed by atoms with Crippen molar-refractivity contribution in [1.29, 1.82) is 0 Å². The van der Waals surface area contributed by atoms with Gasteiger partial charge in [-0.1, -0.05) is 18.8 Å². The van der Waals surface area contributed by atoms with Crippen molar-refractivity contribution in [3.63, 3.8) is 0 Å². The third-order valence-corrected chi connectivity index (χ3v) is 7.79. The Hall–Kier alpha value is -2.57. The fraction of sp³-hybridized carbons (Fsp3) is 0.679. The van der Waals surface area contributed by atoms with Crippen molar-refractivity contribution in [3.8, 4) is 11.8 Å². The van der Waals surface area contributed by atoms with Crippen LogP contribution in [0.3, 0.4) is 0 Å². The number of carboxylic acids is 1. The maximum Gasteiger partial charge on any atom is 0.407 e. The van der Waals surface area contributed by atoms with Crippen LogP contribution in [0.5, 0.6) is 0 Å². The Morgan fingerprint density at radius 1 is 1.24 bits per heavy atom. The highest BCUT2D eigenvalue weighted by Crippen LogP contribution is 2.36. The Labute approximate surface area is 224 Å². The van der Waals surface area contributed by atoms with Crippen LogP contribution in [0.25, 0.3) is 0 Å². The van der Waals surface area contributed by atoms with E-state index < -0.39 is 12.1 Å². The summed E-state index contributed by atoms with van der Waals surface area (Å²) in [5, 5.41) is 12.7. The number of carboxylic acid groups (broad SMARTS) is 1. The first kappa shape index (κ1) is 29.0. The van der Waals surface area contributed by atoms with Gasteiger partial charge >= 0.3 is 12.1 Å². The predicted octanol–water partition coefficient (Wildman–Crippen LogP) is 5.30. The van der Waals surface area contributed by atoms with E-state index in [0.29, 0.717) is 49.1 Å². The number of aromatic carboxylic acids is 1. The van der Waals surface area contributed by atoms with Crippen molar-refractivity contribution >= 4 is 35.0 Å². The van der Waals surface area contributed by atoms with Gasteiger partial charge in [-0.2, -0.15) is 0 Å². The third kappa shape index (κ3) is 8.47. The van der Waals surface area contributed by atoms with Gasteiger partial charge in [0.2, 0.25) is 5.91 Å². The standard InChI is InChI=1S/C28H40N2O6S/c1-18-6-8-20(9-7-18)25(31)30(19(2)11-14-29-27(34)36-21-12-15-35-17-21)23-16-22(10-13-28(3,4)5)37-24(23)26(32)33/h16,18-21H,6-9,11-12,14-15,17H2,1-5H3,(H,29,34)(H,32,33)/t18-,19-,20-,21?/m0/s1. The van der Waals surface area contributed by atoms with E-state index >= 15 is 0 Å². The summed E-state index contributed by atoms with van der Waals surface area (Å²) in [5.41, 5.74) is 0.151. The average Bonchev–Trinajstić information content (AvgIpc) is 3.48. The SMILES string of the molecule is C[C@@H](CCNC(=O)OC1CCOC1)N(c1cc(C#CC(C)(C)C)sc1C(=O)O)C(=O)[C@H]1CC[C@H](C)CC1. The number of alkyl carbamates (subject to hydrolysis) is 1. The Morgan fingerprint density at radius 3 is 2.54 bits per heavy atom. The lowest BCUT2D eigenvalue weighted by Crippen LogP contribution is -2.45. The molecule has 2 fully saturated rings. The zero-order valence-electron chi connectivity index (χ0n) is 22.6. The van der Waals surface area contributed by atoms with Gasteiger partial charge in [0, 0.05) is 30.3 Å². The molecular formula is C28H40N2O6S. The lowest BCUT2D eigenvalue weighted by Gasteiger charge is -2.35. The molecule has 1 aliphatic heterocycles. The maximum atomic E-state index is 13.9. The highest BCUT2D eigenvalue weighted by molar-refractivity contribution is 7.15. The molecule has 1 saturated carbocycles. The normalized spacial score (nSPS) is 22.5. The fourth-order valence-corrected chi connectivity index (χ4v) is 5.45. The molecule has 3 rings (SSSR count). The first-order valence-electron chi connectivity index (χ1n) is 13.2. The number of anilines is 1. The molecule has 1 aromatic heterocycles. The zero-order chi connectivity index (χ0) is 27.2. The molecule has 37 heavy (non-hydrogen) atoms. The lowest BCUT2D eigenvalue weighted by molar-refractivity contribution is -0.124. The van der Waals surface area contributed by atoms with E-state index in [1.54, 1.807) is 11.0 Å². The van der Waals surface area contributed by atoms with Crippen LogP contribution >= 0.6 is 11.3 Å². The molecule has 2 atom stereocenters. The van der Waals surface area contributed by atoms with Crippen LogP contribution in [0.2, 0.25) is 0 Å². The Bertz CT molecular complexity index is 1020. The van der Waals surface area contributed by atoms with Crippen molar-refractivity contribution < 1.29 is 29.0 Å². The Balaban J connectivity index is 1.81. The van der Waals surface area contributed by atoms with Crippen molar-refractivity contribution in [1.82, 2.24) is 5.32 Å². The van der Waals surface area contributed by atoms with Crippen LogP contribution in [0.4, 0.5) is 10.5 Å². The number of rotatable bonds is 8. The van der Waals surface area contributed by atoms with Gasteiger partial charge in [-0.05, 0) is 71.8 Å². The van der Waals surface area contributed by atoms with E-state index in [1.165, 1.54) is 0 Å². The molecule has 2 N–H and O–H groups in total. The molecule has 2 heterocycles. The highest BCUT2D eigenvalue weighted by atomic mass is 32.1. The third-order valence-electron chi connectivity index (χ3n) is 6.76. The molecule has 0 bridgehead atoms. The Morgan fingerprint density at radius 2 is 1.95 bits per heavy atom. The number of carbonyl (C=O) groups excluding carboxylic acids is 2. The van der Waals surface area contributed by atoms with Gasteiger partial charge in [0.1, 0.15) is 11.0 Å². The summed E-state index contributed by atoms with van der Waals surface area (Å²) in [7, 11) is 0. The van der Waals surface area contributed by atoms with Crippen LogP contribution in [0, 0.1) is 29.1 Å². The van der Waals surface area contributed by atoms with Crippen LogP contribution in [-0.4, -0.2) is 55.0 Å². The largest absolute Gasteiger partial charge is 0.477 e. The molecule has 2 aliphatic rings. The summed E-state index contributed by atoms with van der Waals surface area (Å²) in [6.07, 6.45) is 3.93. The minimum absolute atomic E-state index is 0.0549. The summed E-state index contributed by atoms with van der Waals surface area (Å²) in [4.78, 5) is 40.6. The second kappa shape index (κ2) is 12.8. The first-order chi connectivity index (χ1) is 17.4. The molecule has 1 unspecified atom stereocenters. The summed E-state index contributed by atoms with van der Waals surface area (Å²) in [6.45, 7) is 11.4. The average molecular weight is 533 g/mol. The second-order valence-corrected chi connectivity index (χ2v) is 12.3. The van der Waals surface area contributed by atoms with Gasteiger partial charge in [-0.15, -0.1) is 11.3 Å². The molecule has 0 spiro atoms. The minimum Gasteiger partial charge on any atom is -0.477 e. The van der Waals surface area contributed by atoms with Gasteiger partial charge in [0.15, 0.2) is 0 Å². The minimum atomic E-state index is -1.08. The van der Waals surface area contributed by atoms with E-state index in [0.717, 1.165) is 37.0 Å². The summed E-state index contributed by atoms with van der Waals surface area (Å²) in [5.74, 6) is 5.56. The molecule has 9 heteroatoms. The predicted molar refractivity (Wildman–Crippen MR) is 144 cm³/mol. The second-order valence-electron chi connectivity index (χ2n) is 11.3. The highest BCUT2D eigenvalue weighted by Gasteiger charge is 2.34. The molecule has 1 aromatic rings. The number of nitrogens with zero attached hydrogens (tertiary/aromatic N) is 1. The summed E-state index contributed by atoms with van der Waals surface area (Å²) in [6, 6.07) is 1.40. The van der Waals surface area contributed by atoms with Crippen molar-refractivity contribution in [2.24, 2.45) is 17.3 Å². The van der Waals surface area contributed by atoms with E-state index in [4.69, 9.17) is 9.47 Å². The lowest BCUT2D eigenvalue weighted by atomic mass is 9.82. The van der Waals surface area contributed by atoms with Crippen molar-refractivity contribution in [2.75, 3.05) is 24.7 Å². The number of hydrogen-bond acceptors (Lipinski definition) is 6. The van der Waals surface area contributed by atoms with E-state index in [2.05, 4.69) is 24.1 Å². The topological polar surface area (TPSA) is 105 Å². The van der Waals surface area contributed by atoms with E-state index in [1.807, 2.05) is 27.7 Å². The number of amides is 2. The molecule has 8 nitrogen and oxygen atoms in total. The number of thiophene rings is 1. The molecular weight excluding hydrogens is 492 g/mol. The molecule has 204 valence electrons. The fourth-order valence-electron chi connectivity index (χ4n) is 4.61. The van der Waals surface area contributed by atoms with Gasteiger partial charge in [0.25, 0.3) is 0 Å². The number of nitrogens with one attached hydrogen (secondary N) is 1. The summed E-state index contributed by atoms with van der Waals surface area (Å²) < 4.78 is 10.6. The zero-order valence-corrected chi connectivity index (χ0v) is 23.4. The van der Waals surface area contributed by atoms with Gasteiger partial charge in [0.05, 0.1) is 23.8 Å². The van der Waals surface area contributed by atoms with Crippen molar-refractivity contribution in [3.05, 3.63) is 15.8 Å². The van der Waals surface area contributed by atoms with Crippen LogP contribution in [-0.2, 0) is 14.3 Å². The molecule has 0 aromatic carbocycles. The molecule has 1 saturated heterocycles. The number of carbonyl (C=O) groups is 3. The van der Waals surface area contributed by atoms with E-state index in [9.17, 15) is 19.5 Å². The van der Waals surface area contributed by atoms with Crippen LogP contribution < -0.4 is 10.2 Å².